The maximum Gasteiger partial charge on any atom is 0.410 e. The summed E-state index contributed by atoms with van der Waals surface area (Å²) in [6.07, 6.45) is 0.0629. The number of nitrogens with zero attached hydrogens (tertiary/aromatic N) is 1. The molecule has 2 amide bonds. The van der Waals surface area contributed by atoms with Crippen LogP contribution in [0.25, 0.3) is 0 Å². The number of esters is 1. The number of likely N-dealkylation sites (tertiary alicyclic amines) is 1. The number of carbonyl (C=O) groups excluding carboxylic acids is 3. The van der Waals surface area contributed by atoms with Gasteiger partial charge in [0.15, 0.2) is 0 Å². The Kier molecular flexibility index (Phi) is 6.65. The number of piperidine rings is 1. The van der Waals surface area contributed by atoms with Crippen molar-refractivity contribution in [2.75, 3.05) is 27.3 Å². The summed E-state index contributed by atoms with van der Waals surface area (Å²) in [7, 11) is 2.50. The fourth-order valence-electron chi connectivity index (χ4n) is 2.42. The molecule has 8 heteroatoms. The summed E-state index contributed by atoms with van der Waals surface area (Å²) in [5.74, 6) is -0.647. The summed E-state index contributed by atoms with van der Waals surface area (Å²) in [6.45, 7) is 6.34. The molecule has 0 aromatic heterocycles. The largest absolute Gasteiger partial charge is 0.467 e. The van der Waals surface area contributed by atoms with Gasteiger partial charge in [-0.15, -0.1) is 0 Å². The van der Waals surface area contributed by atoms with Gasteiger partial charge in [-0.3, -0.25) is 0 Å². The molecule has 0 spiro atoms. The Morgan fingerprint density at radius 2 is 1.65 bits per heavy atom. The molecule has 23 heavy (non-hydrogen) atoms. The molecular weight excluding hydrogens is 304 g/mol. The van der Waals surface area contributed by atoms with Crippen molar-refractivity contribution in [1.29, 1.82) is 0 Å². The van der Waals surface area contributed by atoms with Gasteiger partial charge in [-0.1, -0.05) is 0 Å². The lowest BCUT2D eigenvalue weighted by Gasteiger charge is -2.35. The van der Waals surface area contributed by atoms with E-state index in [2.05, 4.69) is 10.1 Å². The first kappa shape index (κ1) is 19.1. The van der Waals surface area contributed by atoms with Crippen molar-refractivity contribution in [3.8, 4) is 0 Å². The van der Waals surface area contributed by atoms with Gasteiger partial charge in [0.2, 0.25) is 0 Å². The maximum atomic E-state index is 12.0. The minimum Gasteiger partial charge on any atom is -0.467 e. The molecule has 0 aromatic rings. The van der Waals surface area contributed by atoms with Crippen LogP contribution in [0.3, 0.4) is 0 Å². The molecule has 0 saturated carbocycles. The Balaban J connectivity index is 2.62. The Bertz CT molecular complexity index is 438. The van der Waals surface area contributed by atoms with Crippen molar-refractivity contribution in [2.24, 2.45) is 5.92 Å². The van der Waals surface area contributed by atoms with Crippen LogP contribution in [0.4, 0.5) is 9.59 Å². The highest BCUT2D eigenvalue weighted by Gasteiger charge is 2.35. The predicted molar refractivity (Wildman–Crippen MR) is 81.9 cm³/mol. The van der Waals surface area contributed by atoms with E-state index in [0.29, 0.717) is 25.9 Å². The predicted octanol–water partition coefficient (Wildman–Crippen LogP) is 1.53. The molecule has 1 aliphatic rings. The van der Waals surface area contributed by atoms with Crippen molar-refractivity contribution >= 4 is 18.2 Å². The van der Waals surface area contributed by atoms with Crippen LogP contribution in [-0.2, 0) is 19.0 Å². The van der Waals surface area contributed by atoms with Crippen LogP contribution in [0.15, 0.2) is 0 Å². The molecule has 1 heterocycles. The molecule has 1 N–H and O–H groups in total. The second-order valence-corrected chi connectivity index (χ2v) is 6.44. The normalized spacial score (nSPS) is 17.2. The van der Waals surface area contributed by atoms with Gasteiger partial charge < -0.3 is 24.4 Å². The van der Waals surface area contributed by atoms with Gasteiger partial charge in [0, 0.05) is 13.1 Å². The smallest absolute Gasteiger partial charge is 0.410 e. The van der Waals surface area contributed by atoms with E-state index in [4.69, 9.17) is 9.47 Å². The fourth-order valence-corrected chi connectivity index (χ4v) is 2.42. The number of nitrogens with one attached hydrogen (secondary N) is 1. The fraction of sp³-hybridized carbons (Fsp3) is 0.800. The van der Waals surface area contributed by atoms with Gasteiger partial charge in [0.1, 0.15) is 11.6 Å². The molecule has 0 aliphatic carbocycles. The first-order chi connectivity index (χ1) is 10.7. The summed E-state index contributed by atoms with van der Waals surface area (Å²) in [4.78, 5) is 36.9. The summed E-state index contributed by atoms with van der Waals surface area (Å²) in [5, 5.41) is 2.50. The Hall–Kier alpha value is -1.99. The van der Waals surface area contributed by atoms with Crippen LogP contribution in [0.2, 0.25) is 0 Å². The second-order valence-electron chi connectivity index (χ2n) is 6.44. The van der Waals surface area contributed by atoms with E-state index >= 15 is 0 Å². The molecule has 1 fully saturated rings. The van der Waals surface area contributed by atoms with Crippen molar-refractivity contribution in [2.45, 2.75) is 45.3 Å². The van der Waals surface area contributed by atoms with Crippen molar-refractivity contribution in [3.05, 3.63) is 0 Å². The van der Waals surface area contributed by atoms with Gasteiger partial charge in [0.05, 0.1) is 14.2 Å². The van der Waals surface area contributed by atoms with Crippen LogP contribution in [0, 0.1) is 5.92 Å². The Labute approximate surface area is 136 Å². The Morgan fingerprint density at radius 3 is 2.09 bits per heavy atom. The zero-order valence-electron chi connectivity index (χ0n) is 14.4. The first-order valence-electron chi connectivity index (χ1n) is 7.58. The van der Waals surface area contributed by atoms with Crippen molar-refractivity contribution in [1.82, 2.24) is 10.2 Å². The number of amides is 2. The van der Waals surface area contributed by atoms with Crippen LogP contribution in [0.1, 0.15) is 33.6 Å². The number of hydrogen-bond acceptors (Lipinski definition) is 6. The highest BCUT2D eigenvalue weighted by Crippen LogP contribution is 2.23. The highest BCUT2D eigenvalue weighted by molar-refractivity contribution is 5.81. The Morgan fingerprint density at radius 1 is 1.09 bits per heavy atom. The van der Waals surface area contributed by atoms with E-state index in [1.807, 2.05) is 20.8 Å². The van der Waals surface area contributed by atoms with E-state index in [-0.39, 0.29) is 12.0 Å². The van der Waals surface area contributed by atoms with Crippen LogP contribution in [0.5, 0.6) is 0 Å². The van der Waals surface area contributed by atoms with E-state index < -0.39 is 23.7 Å². The topological polar surface area (TPSA) is 94.2 Å². The molecule has 1 rings (SSSR count). The third-order valence-electron chi connectivity index (χ3n) is 3.58. The van der Waals surface area contributed by atoms with Gasteiger partial charge in [-0.2, -0.15) is 0 Å². The first-order valence-corrected chi connectivity index (χ1v) is 7.58. The lowest BCUT2D eigenvalue weighted by Crippen LogP contribution is -2.51. The molecule has 1 saturated heterocycles. The van der Waals surface area contributed by atoms with Crippen molar-refractivity contribution < 1.29 is 28.6 Å². The quantitative estimate of drug-likeness (QED) is 0.623. The summed E-state index contributed by atoms with van der Waals surface area (Å²) in [5.41, 5.74) is -0.547. The van der Waals surface area contributed by atoms with Gasteiger partial charge >= 0.3 is 18.2 Å². The summed E-state index contributed by atoms with van der Waals surface area (Å²) in [6, 6.07) is -0.784. The number of rotatable bonds is 3. The lowest BCUT2D eigenvalue weighted by atomic mass is 9.89. The van der Waals surface area contributed by atoms with Crippen molar-refractivity contribution in [3.63, 3.8) is 0 Å². The molecule has 132 valence electrons. The monoisotopic (exact) mass is 330 g/mol. The van der Waals surface area contributed by atoms with Crippen LogP contribution in [-0.4, -0.2) is 62.0 Å². The number of alkyl carbamates (subject to hydrolysis) is 1. The van der Waals surface area contributed by atoms with E-state index in [9.17, 15) is 14.4 Å². The van der Waals surface area contributed by atoms with Crippen LogP contribution < -0.4 is 5.32 Å². The maximum absolute atomic E-state index is 12.0. The average molecular weight is 330 g/mol. The lowest BCUT2D eigenvalue weighted by molar-refractivity contribution is -0.145. The number of methoxy groups -OCH3 is 2. The SMILES string of the molecule is COC(=O)N[C@H](C(=O)OC)C1CCN(C(=O)OC(C)(C)C)CC1. The minimum atomic E-state index is -0.784. The molecular formula is C15H26N2O6. The summed E-state index contributed by atoms with van der Waals surface area (Å²) < 4.78 is 14.6. The minimum absolute atomic E-state index is 0.125. The highest BCUT2D eigenvalue weighted by atomic mass is 16.6. The summed E-state index contributed by atoms with van der Waals surface area (Å²) >= 11 is 0. The molecule has 1 aliphatic heterocycles. The van der Waals surface area contributed by atoms with Crippen LogP contribution >= 0.6 is 0 Å². The molecule has 0 unspecified atom stereocenters. The van der Waals surface area contributed by atoms with E-state index in [1.165, 1.54) is 14.2 Å². The zero-order chi connectivity index (χ0) is 17.6. The molecule has 8 nitrogen and oxygen atoms in total. The van der Waals surface area contributed by atoms with Gasteiger partial charge in [0.25, 0.3) is 0 Å². The van der Waals surface area contributed by atoms with E-state index in [0.717, 1.165) is 0 Å². The number of ether oxygens (including phenoxy) is 3. The van der Waals surface area contributed by atoms with Gasteiger partial charge in [-0.25, -0.2) is 14.4 Å². The average Bonchev–Trinajstić information content (AvgIpc) is 2.50. The van der Waals surface area contributed by atoms with E-state index in [1.54, 1.807) is 4.90 Å². The molecule has 0 aromatic carbocycles. The zero-order valence-corrected chi connectivity index (χ0v) is 14.4. The third-order valence-corrected chi connectivity index (χ3v) is 3.58. The molecule has 1 atom stereocenters. The third kappa shape index (κ3) is 5.96. The standard InChI is InChI=1S/C15H26N2O6/c1-15(2,3)23-14(20)17-8-6-10(7-9-17)11(12(18)21-4)16-13(19)22-5/h10-11H,6-9H2,1-5H3,(H,16,19)/t11-/m0/s1. The molecule has 0 radical (unpaired) electrons. The van der Waals surface area contributed by atoms with Gasteiger partial charge in [-0.05, 0) is 39.5 Å². The second kappa shape index (κ2) is 8.03. The number of hydrogen-bond donors (Lipinski definition) is 1. The number of carbonyl (C=O) groups is 3. The molecule has 0 bridgehead atoms.